The van der Waals surface area contributed by atoms with E-state index in [4.69, 9.17) is 9.47 Å². The molecule has 24 heavy (non-hydrogen) atoms. The van der Waals surface area contributed by atoms with Gasteiger partial charge in [0, 0.05) is 13.1 Å². The summed E-state index contributed by atoms with van der Waals surface area (Å²) in [5.74, 6) is 0.186. The highest BCUT2D eigenvalue weighted by atomic mass is 19.4. The van der Waals surface area contributed by atoms with Crippen LogP contribution in [0.25, 0.3) is 10.9 Å². The second kappa shape index (κ2) is 5.72. The molecular weight excluding hydrogens is 321 g/mol. The van der Waals surface area contributed by atoms with Crippen LogP contribution in [0.1, 0.15) is 26.3 Å². The molecule has 0 saturated heterocycles. The average molecular weight is 340 g/mol. The molecule has 3 rings (SSSR count). The molecule has 1 unspecified atom stereocenters. The van der Waals surface area contributed by atoms with E-state index in [2.05, 4.69) is 4.98 Å². The summed E-state index contributed by atoms with van der Waals surface area (Å²) in [5, 5.41) is -0.0187. The molecule has 2 aromatic rings. The summed E-state index contributed by atoms with van der Waals surface area (Å²) in [4.78, 5) is 6.13. The van der Waals surface area contributed by atoms with E-state index in [1.54, 1.807) is 26.0 Å². The first-order valence-corrected chi connectivity index (χ1v) is 7.75. The van der Waals surface area contributed by atoms with Crippen LogP contribution in [-0.2, 0) is 6.18 Å². The van der Waals surface area contributed by atoms with Crippen LogP contribution in [-0.4, -0.2) is 30.8 Å². The molecular formula is C17H19F3N2O2. The number of likely N-dealkylation sites (N-methyl/N-ethyl adjacent to an activating group) is 1. The van der Waals surface area contributed by atoms with Crippen LogP contribution in [0, 0.1) is 0 Å². The Bertz CT molecular complexity index is 775. The second-order valence-electron chi connectivity index (χ2n) is 6.25. The Morgan fingerprint density at radius 1 is 1.33 bits per heavy atom. The minimum absolute atomic E-state index is 0.0187. The van der Waals surface area contributed by atoms with Gasteiger partial charge in [-0.15, -0.1) is 0 Å². The van der Waals surface area contributed by atoms with Crippen LogP contribution in [0.3, 0.4) is 0 Å². The van der Waals surface area contributed by atoms with Crippen molar-refractivity contribution in [2.24, 2.45) is 0 Å². The Labute approximate surface area is 138 Å². The van der Waals surface area contributed by atoms with Crippen molar-refractivity contribution in [3.05, 3.63) is 23.8 Å². The lowest BCUT2D eigenvalue weighted by Gasteiger charge is -2.34. The third kappa shape index (κ3) is 2.83. The summed E-state index contributed by atoms with van der Waals surface area (Å²) in [7, 11) is 1.84. The summed E-state index contributed by atoms with van der Waals surface area (Å²) in [6.07, 6.45) is -4.80. The summed E-state index contributed by atoms with van der Waals surface area (Å²) in [6, 6.07) is 4.35. The lowest BCUT2D eigenvalue weighted by molar-refractivity contribution is -0.136. The third-order valence-corrected chi connectivity index (χ3v) is 4.05. The predicted octanol–water partition coefficient (Wildman–Crippen LogP) is 4.26. The van der Waals surface area contributed by atoms with E-state index in [9.17, 15) is 13.2 Å². The van der Waals surface area contributed by atoms with Gasteiger partial charge in [-0.25, -0.2) is 4.98 Å². The molecule has 7 heteroatoms. The fourth-order valence-corrected chi connectivity index (χ4v) is 2.76. The normalized spacial score (nSPS) is 17.8. The topological polar surface area (TPSA) is 34.6 Å². The molecule has 0 aliphatic carbocycles. The fraction of sp³-hybridized carbons (Fsp3) is 0.471. The van der Waals surface area contributed by atoms with Gasteiger partial charge < -0.3 is 14.4 Å². The molecule has 0 saturated carbocycles. The first-order valence-electron chi connectivity index (χ1n) is 7.75. The molecule has 0 N–H and O–H groups in total. The molecule has 2 heterocycles. The molecule has 1 aromatic carbocycles. The third-order valence-electron chi connectivity index (χ3n) is 4.05. The molecule has 0 spiro atoms. The van der Waals surface area contributed by atoms with Gasteiger partial charge in [-0.2, -0.15) is 13.2 Å². The van der Waals surface area contributed by atoms with Gasteiger partial charge in [0.15, 0.2) is 5.75 Å². The zero-order valence-corrected chi connectivity index (χ0v) is 13.9. The molecule has 130 valence electrons. The highest BCUT2D eigenvalue weighted by Crippen LogP contribution is 2.45. The highest BCUT2D eigenvalue weighted by molar-refractivity contribution is 5.95. The van der Waals surface area contributed by atoms with Gasteiger partial charge in [-0.05, 0) is 32.9 Å². The number of anilines is 1. The number of nitrogens with zero attached hydrogens (tertiary/aromatic N) is 2. The van der Waals surface area contributed by atoms with Crippen LogP contribution < -0.4 is 14.4 Å². The number of hydrogen-bond donors (Lipinski definition) is 0. The van der Waals surface area contributed by atoms with Crippen LogP contribution >= 0.6 is 0 Å². The Morgan fingerprint density at radius 2 is 2.04 bits per heavy atom. The monoisotopic (exact) mass is 340 g/mol. The molecule has 1 aliphatic heterocycles. The van der Waals surface area contributed by atoms with Crippen molar-refractivity contribution in [2.45, 2.75) is 39.1 Å². The summed E-state index contributed by atoms with van der Waals surface area (Å²) >= 11 is 0. The summed E-state index contributed by atoms with van der Waals surface area (Å²) < 4.78 is 51.9. The van der Waals surface area contributed by atoms with E-state index in [0.717, 1.165) is 6.07 Å². The van der Waals surface area contributed by atoms with Gasteiger partial charge in [0.2, 0.25) is 5.88 Å². The summed E-state index contributed by atoms with van der Waals surface area (Å²) in [6.45, 7) is 5.76. The SMILES string of the molecule is CC(C)Oc1cc(C(F)(F)F)c2c3c(ccc2n1)N(C)C(C)CO3. The van der Waals surface area contributed by atoms with Crippen molar-refractivity contribution >= 4 is 16.6 Å². The maximum absolute atomic E-state index is 13.6. The largest absolute Gasteiger partial charge is 0.489 e. The number of halogens is 3. The lowest BCUT2D eigenvalue weighted by atomic mass is 10.0. The Kier molecular flexibility index (Phi) is 3.97. The number of ether oxygens (including phenoxy) is 2. The van der Waals surface area contributed by atoms with Gasteiger partial charge in [-0.3, -0.25) is 0 Å². The maximum atomic E-state index is 13.6. The minimum atomic E-state index is -4.53. The van der Waals surface area contributed by atoms with Gasteiger partial charge in [0.1, 0.15) is 6.61 Å². The van der Waals surface area contributed by atoms with Crippen LogP contribution in [0.2, 0.25) is 0 Å². The quantitative estimate of drug-likeness (QED) is 0.818. The standard InChI is InChI=1S/C17H19F3N2O2/c1-9(2)24-14-7-11(17(18,19)20)15-12(21-14)5-6-13-16(15)23-8-10(3)22(13)4/h5-7,9-10H,8H2,1-4H3. The number of benzene rings is 1. The Morgan fingerprint density at radius 3 is 2.67 bits per heavy atom. The number of alkyl halides is 3. The number of hydrogen-bond acceptors (Lipinski definition) is 4. The predicted molar refractivity (Wildman–Crippen MR) is 85.9 cm³/mol. The highest BCUT2D eigenvalue weighted by Gasteiger charge is 2.37. The van der Waals surface area contributed by atoms with E-state index in [0.29, 0.717) is 12.3 Å². The molecule has 0 amide bonds. The minimum Gasteiger partial charge on any atom is -0.489 e. The second-order valence-corrected chi connectivity index (χ2v) is 6.25. The van der Waals surface area contributed by atoms with Gasteiger partial charge in [-0.1, -0.05) is 0 Å². The fourth-order valence-electron chi connectivity index (χ4n) is 2.76. The van der Waals surface area contributed by atoms with Gasteiger partial charge in [0.05, 0.1) is 34.3 Å². The Hall–Kier alpha value is -2.18. The van der Waals surface area contributed by atoms with E-state index in [1.165, 1.54) is 0 Å². The van der Waals surface area contributed by atoms with E-state index in [-0.39, 0.29) is 34.7 Å². The zero-order valence-electron chi connectivity index (χ0n) is 13.9. The van der Waals surface area contributed by atoms with Gasteiger partial charge >= 0.3 is 6.18 Å². The Balaban J connectivity index is 2.29. The van der Waals surface area contributed by atoms with Crippen LogP contribution in [0.15, 0.2) is 18.2 Å². The van der Waals surface area contributed by atoms with E-state index >= 15 is 0 Å². The molecule has 1 aliphatic rings. The lowest BCUT2D eigenvalue weighted by Crippen LogP contribution is -2.38. The number of pyridine rings is 1. The van der Waals surface area contributed by atoms with Crippen molar-refractivity contribution in [1.82, 2.24) is 4.98 Å². The number of rotatable bonds is 2. The number of fused-ring (bicyclic) bond motifs is 3. The molecule has 1 aromatic heterocycles. The maximum Gasteiger partial charge on any atom is 0.417 e. The molecule has 0 radical (unpaired) electrons. The van der Waals surface area contributed by atoms with E-state index < -0.39 is 11.7 Å². The van der Waals surface area contributed by atoms with Crippen LogP contribution in [0.5, 0.6) is 11.6 Å². The summed E-state index contributed by atoms with van der Waals surface area (Å²) in [5.41, 5.74) is 0.0520. The first-order chi connectivity index (χ1) is 11.2. The van der Waals surface area contributed by atoms with Crippen molar-refractivity contribution < 1.29 is 22.6 Å². The van der Waals surface area contributed by atoms with Crippen molar-refractivity contribution in [3.63, 3.8) is 0 Å². The zero-order chi connectivity index (χ0) is 17.6. The number of aromatic nitrogens is 1. The van der Waals surface area contributed by atoms with Crippen molar-refractivity contribution in [3.8, 4) is 11.6 Å². The molecule has 0 bridgehead atoms. The molecule has 1 atom stereocenters. The van der Waals surface area contributed by atoms with E-state index in [1.807, 2.05) is 18.9 Å². The van der Waals surface area contributed by atoms with Crippen molar-refractivity contribution in [2.75, 3.05) is 18.6 Å². The molecule has 0 fully saturated rings. The van der Waals surface area contributed by atoms with Crippen LogP contribution in [0.4, 0.5) is 18.9 Å². The van der Waals surface area contributed by atoms with Gasteiger partial charge in [0.25, 0.3) is 0 Å². The van der Waals surface area contributed by atoms with Crippen molar-refractivity contribution in [1.29, 1.82) is 0 Å². The average Bonchev–Trinajstić information content (AvgIpc) is 2.48. The molecule has 4 nitrogen and oxygen atoms in total. The first kappa shape index (κ1) is 16.7. The smallest absolute Gasteiger partial charge is 0.417 e.